The number of likely N-dealkylation sites (tertiary alicyclic amines) is 1. The highest BCUT2D eigenvalue weighted by Gasteiger charge is 2.38. The molecule has 1 aliphatic heterocycles. The van der Waals surface area contributed by atoms with Crippen molar-refractivity contribution in [3.05, 3.63) is 64.1 Å². The number of halogens is 1. The monoisotopic (exact) mass is 689 g/mol. The number of hydrogen-bond donors (Lipinski definition) is 1. The molecule has 48 heavy (non-hydrogen) atoms. The first kappa shape index (κ1) is 42.2. The quantitative estimate of drug-likeness (QED) is 0.0963. The number of amides is 1. The van der Waals surface area contributed by atoms with Crippen molar-refractivity contribution >= 4 is 41.3 Å². The van der Waals surface area contributed by atoms with Crippen LogP contribution in [0.25, 0.3) is 0 Å². The minimum Gasteiger partial charge on any atom is -0.486 e. The zero-order chi connectivity index (χ0) is 36.3. The first-order valence-electron chi connectivity index (χ1n) is 16.4. The van der Waals surface area contributed by atoms with Crippen LogP contribution in [-0.4, -0.2) is 65.7 Å². The molecule has 1 unspecified atom stereocenters. The molecule has 2 heterocycles. The van der Waals surface area contributed by atoms with Gasteiger partial charge in [0.15, 0.2) is 5.78 Å². The lowest BCUT2D eigenvalue weighted by Crippen LogP contribution is -2.49. The van der Waals surface area contributed by atoms with Gasteiger partial charge in [0, 0.05) is 35.5 Å². The summed E-state index contributed by atoms with van der Waals surface area (Å²) < 4.78 is 24.2. The van der Waals surface area contributed by atoms with Gasteiger partial charge in [-0.3, -0.25) is 19.2 Å². The first-order valence-corrected chi connectivity index (χ1v) is 17.2. The number of carbonyl (C=O) groups is 5. The molecule has 9 nitrogen and oxygen atoms in total. The highest BCUT2D eigenvalue weighted by atomic mass is 32.1. The van der Waals surface area contributed by atoms with Crippen LogP contribution in [0.2, 0.25) is 0 Å². The van der Waals surface area contributed by atoms with Crippen molar-refractivity contribution in [3.63, 3.8) is 0 Å². The zero-order valence-corrected chi connectivity index (χ0v) is 30.1. The van der Waals surface area contributed by atoms with Crippen LogP contribution in [0.15, 0.2) is 47.9 Å². The fourth-order valence-electron chi connectivity index (χ4n) is 4.55. The minimum atomic E-state index is -1.02. The van der Waals surface area contributed by atoms with Crippen molar-refractivity contribution in [2.45, 2.75) is 93.0 Å². The Morgan fingerprint density at radius 3 is 2.38 bits per heavy atom. The van der Waals surface area contributed by atoms with E-state index < -0.39 is 23.1 Å². The second-order valence-corrected chi connectivity index (χ2v) is 14.0. The molecule has 0 spiro atoms. The van der Waals surface area contributed by atoms with E-state index in [2.05, 4.69) is 11.4 Å². The summed E-state index contributed by atoms with van der Waals surface area (Å²) in [6.45, 7) is 13.1. The van der Waals surface area contributed by atoms with Crippen molar-refractivity contribution in [3.8, 4) is 5.75 Å². The number of benzene rings is 1. The highest BCUT2D eigenvalue weighted by Crippen LogP contribution is 2.23. The highest BCUT2D eigenvalue weighted by molar-refractivity contribution is 7.09. The number of hydrogen-bond acceptors (Lipinski definition) is 8. The van der Waals surface area contributed by atoms with Gasteiger partial charge in [-0.2, -0.15) is 0 Å². The standard InChI is InChI=1S/C18H21FO2S.C18H29NO4.CH2O2/c1-13(2)18(20)12-21-16-10-14(9-15(19)11-16)5-3-6-17-7-4-8-22-17;1-13(2)9-10-15(20)23-12-18(4,5)16(21)17(22)19-11-7-6-8-14(19)3;2-1-3/h4,7-11,13H,3,5-6,12H2,1-2H3;9-10,13-14H,6-8,11-12H2,1-5H3;1H,(H,2,3)/b;10-9-;. The Morgan fingerprint density at radius 2 is 1.79 bits per heavy atom. The smallest absolute Gasteiger partial charge is 0.330 e. The average Bonchev–Trinajstić information content (AvgIpc) is 3.55. The Balaban J connectivity index is 0.000000444. The Morgan fingerprint density at radius 1 is 1.10 bits per heavy atom. The molecule has 0 radical (unpaired) electrons. The number of nitrogens with zero attached hydrogens (tertiary/aromatic N) is 1. The van der Waals surface area contributed by atoms with Gasteiger partial charge in [0.25, 0.3) is 12.4 Å². The maximum absolute atomic E-state index is 13.6. The molecule has 0 bridgehead atoms. The topological polar surface area (TPSA) is 127 Å². The summed E-state index contributed by atoms with van der Waals surface area (Å²) in [4.78, 5) is 59.5. The Labute approximate surface area is 288 Å². The number of carboxylic acid groups (broad SMARTS) is 1. The normalized spacial score (nSPS) is 14.5. The second kappa shape index (κ2) is 21.9. The van der Waals surface area contributed by atoms with Crippen LogP contribution < -0.4 is 4.74 Å². The SMILES string of the molecule is CC(C)/C=C\C(=O)OCC(C)(C)C(=O)C(=O)N1CCCCC1C.CC(C)C(=O)COc1cc(F)cc(CCCc2cccs2)c1.O=CO. The third-order valence-corrected chi connectivity index (χ3v) is 8.43. The number of Topliss-reactive ketones (excluding diaryl/α,β-unsaturated/α-hetero) is 2. The molecule has 1 aromatic heterocycles. The van der Waals surface area contributed by atoms with Crippen LogP contribution in [0, 0.1) is 23.1 Å². The van der Waals surface area contributed by atoms with Gasteiger partial charge < -0.3 is 19.5 Å². The third-order valence-electron chi connectivity index (χ3n) is 7.49. The number of ether oxygens (including phenoxy) is 2. The van der Waals surface area contributed by atoms with Gasteiger partial charge >= 0.3 is 5.97 Å². The Hall–Kier alpha value is -3.86. The number of esters is 1. The molecular formula is C37H52FNO8S. The number of piperidine rings is 1. The maximum atomic E-state index is 13.6. The van der Waals surface area contributed by atoms with Gasteiger partial charge in [-0.1, -0.05) is 39.8 Å². The molecule has 1 fully saturated rings. The molecule has 11 heteroatoms. The molecule has 0 saturated carbocycles. The molecule has 266 valence electrons. The molecule has 1 aromatic carbocycles. The summed E-state index contributed by atoms with van der Waals surface area (Å²) in [6.07, 6.45) is 8.79. The van der Waals surface area contributed by atoms with Gasteiger partial charge in [-0.25, -0.2) is 9.18 Å². The van der Waals surface area contributed by atoms with E-state index in [4.69, 9.17) is 19.4 Å². The fraction of sp³-hybridized carbons (Fsp3) is 0.541. The summed E-state index contributed by atoms with van der Waals surface area (Å²) in [7, 11) is 0. The second-order valence-electron chi connectivity index (χ2n) is 13.0. The van der Waals surface area contributed by atoms with Gasteiger partial charge in [-0.15, -0.1) is 11.3 Å². The third kappa shape index (κ3) is 16.3. The van der Waals surface area contributed by atoms with Gasteiger partial charge in [0.05, 0.1) is 5.41 Å². The number of carbonyl (C=O) groups excluding carboxylic acids is 4. The lowest BCUT2D eigenvalue weighted by molar-refractivity contribution is -0.155. The molecule has 2 aromatic rings. The van der Waals surface area contributed by atoms with E-state index in [1.165, 1.54) is 23.1 Å². The Bertz CT molecular complexity index is 1340. The molecule has 3 rings (SSSR count). The van der Waals surface area contributed by atoms with Gasteiger partial charge in [-0.05, 0) is 94.4 Å². The van der Waals surface area contributed by atoms with Crippen LogP contribution in [0.5, 0.6) is 5.75 Å². The molecule has 1 amide bonds. The number of aryl methyl sites for hydroxylation is 2. The van der Waals surface area contributed by atoms with E-state index in [0.29, 0.717) is 12.3 Å². The van der Waals surface area contributed by atoms with Crippen LogP contribution in [-0.2, 0) is 41.6 Å². The lowest BCUT2D eigenvalue weighted by Gasteiger charge is -2.34. The lowest BCUT2D eigenvalue weighted by atomic mass is 9.87. The van der Waals surface area contributed by atoms with E-state index >= 15 is 0 Å². The van der Waals surface area contributed by atoms with Crippen molar-refractivity contribution < 1.29 is 42.9 Å². The van der Waals surface area contributed by atoms with Crippen molar-refractivity contribution in [1.82, 2.24) is 4.90 Å². The van der Waals surface area contributed by atoms with Gasteiger partial charge in [0.1, 0.15) is 24.8 Å². The molecule has 1 saturated heterocycles. The predicted octanol–water partition coefficient (Wildman–Crippen LogP) is 7.11. The summed E-state index contributed by atoms with van der Waals surface area (Å²) in [6, 6.07) is 8.93. The van der Waals surface area contributed by atoms with E-state index in [9.17, 15) is 23.6 Å². The number of allylic oxidation sites excluding steroid dienone is 1. The van der Waals surface area contributed by atoms with Crippen molar-refractivity contribution in [2.24, 2.45) is 17.3 Å². The van der Waals surface area contributed by atoms with Crippen molar-refractivity contribution in [1.29, 1.82) is 0 Å². The number of ketones is 2. The average molecular weight is 690 g/mol. The molecular weight excluding hydrogens is 637 g/mol. The largest absolute Gasteiger partial charge is 0.486 e. The number of rotatable bonds is 14. The zero-order valence-electron chi connectivity index (χ0n) is 29.3. The summed E-state index contributed by atoms with van der Waals surface area (Å²) in [5.41, 5.74) is -0.112. The first-order chi connectivity index (χ1) is 22.6. The molecule has 1 aliphatic rings. The number of thiophene rings is 1. The van der Waals surface area contributed by atoms with E-state index in [0.717, 1.165) is 44.1 Å². The van der Waals surface area contributed by atoms with E-state index in [1.807, 2.05) is 46.8 Å². The molecule has 1 atom stereocenters. The molecule has 0 aliphatic carbocycles. The Kier molecular flexibility index (Phi) is 19.2. The van der Waals surface area contributed by atoms with Gasteiger partial charge in [0.2, 0.25) is 5.78 Å². The van der Waals surface area contributed by atoms with Crippen LogP contribution in [0.1, 0.15) is 84.6 Å². The maximum Gasteiger partial charge on any atom is 0.330 e. The summed E-state index contributed by atoms with van der Waals surface area (Å²) in [5.74, 6) is -1.14. The van der Waals surface area contributed by atoms with Crippen LogP contribution in [0.4, 0.5) is 4.39 Å². The van der Waals surface area contributed by atoms with Crippen molar-refractivity contribution in [2.75, 3.05) is 19.8 Å². The van der Waals surface area contributed by atoms with E-state index in [-0.39, 0.29) is 49.2 Å². The van der Waals surface area contributed by atoms with Crippen LogP contribution >= 0.6 is 11.3 Å². The predicted molar refractivity (Wildman–Crippen MR) is 186 cm³/mol. The molecule has 1 N–H and O–H groups in total. The van der Waals surface area contributed by atoms with Crippen LogP contribution in [0.3, 0.4) is 0 Å². The fourth-order valence-corrected chi connectivity index (χ4v) is 5.30. The minimum absolute atomic E-state index is 0.00421. The van der Waals surface area contributed by atoms with E-state index in [1.54, 1.807) is 36.2 Å². The summed E-state index contributed by atoms with van der Waals surface area (Å²) in [5, 5.41) is 8.95. The summed E-state index contributed by atoms with van der Waals surface area (Å²) >= 11 is 1.74.